The number of carbonyl (C=O) groups is 2. The molecule has 0 heterocycles. The summed E-state index contributed by atoms with van der Waals surface area (Å²) >= 11 is 12.4. The highest BCUT2D eigenvalue weighted by Gasteiger charge is 2.34. The van der Waals surface area contributed by atoms with E-state index < -0.39 is 28.5 Å². The van der Waals surface area contributed by atoms with E-state index in [1.807, 2.05) is 13.8 Å². The van der Waals surface area contributed by atoms with Gasteiger partial charge in [0.2, 0.25) is 11.8 Å². The summed E-state index contributed by atoms with van der Waals surface area (Å²) in [4.78, 5) is 28.9. The van der Waals surface area contributed by atoms with Crippen LogP contribution in [0, 0.1) is 6.92 Å². The van der Waals surface area contributed by atoms with Gasteiger partial charge in [-0.25, -0.2) is 8.42 Å². The Morgan fingerprint density at radius 1 is 0.952 bits per heavy atom. The predicted octanol–water partition coefficient (Wildman–Crippen LogP) is 6.23. The van der Waals surface area contributed by atoms with E-state index in [0.29, 0.717) is 40.9 Å². The van der Waals surface area contributed by atoms with Gasteiger partial charge in [-0.05, 0) is 68.7 Å². The Morgan fingerprint density at radius 2 is 1.64 bits per heavy atom. The lowest BCUT2D eigenvalue weighted by atomic mass is 10.1. The number of anilines is 1. The summed E-state index contributed by atoms with van der Waals surface area (Å²) in [7, 11) is -4.23. The molecule has 8 nitrogen and oxygen atoms in total. The standard InChI is InChI=1S/C31H37Cl2N3O5S/c1-5-18-34-31(38)27(6-2)35(20-23-14-17-25(32)26(33)19-23)30(37)21-36(28-10-8-9-11-29(28)41-7-3)42(39,40)24-15-12-22(4)13-16-24/h8-17,19,27H,5-7,18,20-21H2,1-4H3,(H,34,38)/t27-/m0/s1. The molecule has 0 fully saturated rings. The van der Waals surface area contributed by atoms with E-state index in [-0.39, 0.29) is 23.0 Å². The van der Waals surface area contributed by atoms with Crippen LogP contribution in [0.25, 0.3) is 0 Å². The summed E-state index contributed by atoms with van der Waals surface area (Å²) in [5.74, 6) is -0.579. The molecule has 1 N–H and O–H groups in total. The minimum atomic E-state index is -4.23. The van der Waals surface area contributed by atoms with E-state index in [2.05, 4.69) is 5.32 Å². The molecule has 0 spiro atoms. The van der Waals surface area contributed by atoms with Gasteiger partial charge in [0.1, 0.15) is 18.3 Å². The van der Waals surface area contributed by atoms with Crippen LogP contribution in [0.5, 0.6) is 5.75 Å². The minimum Gasteiger partial charge on any atom is -0.492 e. The molecule has 0 aliphatic rings. The highest BCUT2D eigenvalue weighted by molar-refractivity contribution is 7.92. The lowest BCUT2D eigenvalue weighted by Crippen LogP contribution is -2.52. The van der Waals surface area contributed by atoms with Gasteiger partial charge < -0.3 is 15.0 Å². The molecule has 0 aliphatic heterocycles. The van der Waals surface area contributed by atoms with Crippen molar-refractivity contribution in [2.45, 2.75) is 58.0 Å². The zero-order valence-corrected chi connectivity index (χ0v) is 26.6. The molecule has 3 aromatic rings. The first-order valence-corrected chi connectivity index (χ1v) is 16.0. The van der Waals surface area contributed by atoms with E-state index in [4.69, 9.17) is 27.9 Å². The van der Waals surface area contributed by atoms with Gasteiger partial charge in [-0.2, -0.15) is 0 Å². The van der Waals surface area contributed by atoms with Gasteiger partial charge >= 0.3 is 0 Å². The quantitative estimate of drug-likeness (QED) is 0.227. The second-order valence-electron chi connectivity index (χ2n) is 9.71. The zero-order chi connectivity index (χ0) is 30.9. The maximum atomic E-state index is 14.2. The normalized spacial score (nSPS) is 12.0. The third-order valence-corrected chi connectivity index (χ3v) is 9.11. The van der Waals surface area contributed by atoms with Gasteiger partial charge in [0.15, 0.2) is 0 Å². The molecule has 0 saturated carbocycles. The fourth-order valence-electron chi connectivity index (χ4n) is 4.41. The van der Waals surface area contributed by atoms with Crippen LogP contribution in [-0.2, 0) is 26.2 Å². The minimum absolute atomic E-state index is 0.0132. The number of benzene rings is 3. The molecule has 0 unspecified atom stereocenters. The maximum absolute atomic E-state index is 14.2. The van der Waals surface area contributed by atoms with Crippen molar-refractivity contribution in [3.63, 3.8) is 0 Å². The highest BCUT2D eigenvalue weighted by atomic mass is 35.5. The molecule has 0 bridgehead atoms. The summed E-state index contributed by atoms with van der Waals surface area (Å²) in [6, 6.07) is 17.2. The molecular formula is C31H37Cl2N3O5S. The van der Waals surface area contributed by atoms with Crippen molar-refractivity contribution in [2.75, 3.05) is 24.0 Å². The first-order valence-electron chi connectivity index (χ1n) is 13.9. The first-order chi connectivity index (χ1) is 20.0. The van der Waals surface area contributed by atoms with Crippen molar-refractivity contribution in [3.8, 4) is 5.75 Å². The van der Waals surface area contributed by atoms with E-state index in [0.717, 1.165) is 16.3 Å². The zero-order valence-electron chi connectivity index (χ0n) is 24.3. The molecule has 2 amide bonds. The lowest BCUT2D eigenvalue weighted by molar-refractivity contribution is -0.140. The van der Waals surface area contributed by atoms with Crippen LogP contribution in [0.1, 0.15) is 44.7 Å². The van der Waals surface area contributed by atoms with Crippen LogP contribution in [0.3, 0.4) is 0 Å². The average Bonchev–Trinajstić information content (AvgIpc) is 2.97. The number of sulfonamides is 1. The van der Waals surface area contributed by atoms with Crippen LogP contribution in [-0.4, -0.2) is 50.9 Å². The number of nitrogens with zero attached hydrogens (tertiary/aromatic N) is 2. The Kier molecular flexibility index (Phi) is 12.1. The van der Waals surface area contributed by atoms with E-state index >= 15 is 0 Å². The Hall–Kier alpha value is -3.27. The summed E-state index contributed by atoms with van der Waals surface area (Å²) in [5, 5.41) is 3.53. The van der Waals surface area contributed by atoms with Crippen LogP contribution in [0.15, 0.2) is 71.6 Å². The third kappa shape index (κ3) is 8.18. The van der Waals surface area contributed by atoms with E-state index in [1.54, 1.807) is 68.4 Å². The Balaban J connectivity index is 2.11. The van der Waals surface area contributed by atoms with Crippen LogP contribution >= 0.6 is 23.2 Å². The van der Waals surface area contributed by atoms with Crippen LogP contribution < -0.4 is 14.4 Å². The topological polar surface area (TPSA) is 96.0 Å². The molecule has 11 heteroatoms. The fraction of sp³-hybridized carbons (Fsp3) is 0.355. The second-order valence-corrected chi connectivity index (χ2v) is 12.4. The fourth-order valence-corrected chi connectivity index (χ4v) is 6.16. The molecule has 3 aromatic carbocycles. The molecular weight excluding hydrogens is 597 g/mol. The third-order valence-electron chi connectivity index (χ3n) is 6.59. The molecule has 3 rings (SSSR count). The smallest absolute Gasteiger partial charge is 0.264 e. The van der Waals surface area contributed by atoms with Crippen LogP contribution in [0.4, 0.5) is 5.69 Å². The highest BCUT2D eigenvalue weighted by Crippen LogP contribution is 2.33. The number of nitrogens with one attached hydrogen (secondary N) is 1. The van der Waals surface area contributed by atoms with Gasteiger partial charge in [-0.1, -0.05) is 72.9 Å². The molecule has 226 valence electrons. The average molecular weight is 635 g/mol. The summed E-state index contributed by atoms with van der Waals surface area (Å²) < 4.78 is 35.0. The number of aryl methyl sites for hydroxylation is 1. The Bertz CT molecular complexity index is 1480. The van der Waals surface area contributed by atoms with Crippen molar-refractivity contribution < 1.29 is 22.7 Å². The van der Waals surface area contributed by atoms with Gasteiger partial charge in [-0.15, -0.1) is 0 Å². The second kappa shape index (κ2) is 15.3. The number of rotatable bonds is 14. The SMILES string of the molecule is CCCNC(=O)[C@H](CC)N(Cc1ccc(Cl)c(Cl)c1)C(=O)CN(c1ccccc1OCC)S(=O)(=O)c1ccc(C)cc1. The number of amides is 2. The summed E-state index contributed by atoms with van der Waals surface area (Å²) in [6.45, 7) is 7.57. The molecule has 42 heavy (non-hydrogen) atoms. The van der Waals surface area contributed by atoms with E-state index in [9.17, 15) is 18.0 Å². The van der Waals surface area contributed by atoms with Crippen molar-refractivity contribution in [1.29, 1.82) is 0 Å². The lowest BCUT2D eigenvalue weighted by Gasteiger charge is -2.33. The van der Waals surface area contributed by atoms with Gasteiger partial charge in [0.25, 0.3) is 10.0 Å². The molecule has 0 saturated heterocycles. The monoisotopic (exact) mass is 633 g/mol. The molecule has 0 aliphatic carbocycles. The summed E-state index contributed by atoms with van der Waals surface area (Å²) in [6.07, 6.45) is 1.03. The Morgan fingerprint density at radius 3 is 2.26 bits per heavy atom. The van der Waals surface area contributed by atoms with Crippen LogP contribution in [0.2, 0.25) is 10.0 Å². The maximum Gasteiger partial charge on any atom is 0.264 e. The first kappa shape index (κ1) is 33.2. The van der Waals surface area contributed by atoms with Crippen molar-refractivity contribution in [3.05, 3.63) is 87.9 Å². The summed E-state index contributed by atoms with van der Waals surface area (Å²) in [5.41, 5.74) is 1.75. The van der Waals surface area contributed by atoms with Crippen molar-refractivity contribution in [2.24, 2.45) is 0 Å². The van der Waals surface area contributed by atoms with Crippen molar-refractivity contribution >= 4 is 50.7 Å². The van der Waals surface area contributed by atoms with Gasteiger partial charge in [0.05, 0.1) is 27.2 Å². The molecule has 0 radical (unpaired) electrons. The van der Waals surface area contributed by atoms with Gasteiger partial charge in [0, 0.05) is 13.1 Å². The largest absolute Gasteiger partial charge is 0.492 e. The van der Waals surface area contributed by atoms with Crippen molar-refractivity contribution in [1.82, 2.24) is 10.2 Å². The number of para-hydroxylation sites is 2. The number of carbonyl (C=O) groups excluding carboxylic acids is 2. The number of halogens is 2. The van der Waals surface area contributed by atoms with Gasteiger partial charge in [-0.3, -0.25) is 13.9 Å². The Labute approximate surface area is 258 Å². The van der Waals surface area contributed by atoms with E-state index in [1.165, 1.54) is 17.0 Å². The predicted molar refractivity (Wildman–Crippen MR) is 168 cm³/mol. The molecule has 1 atom stereocenters. The number of hydrogen-bond donors (Lipinski definition) is 1. The molecule has 0 aromatic heterocycles. The number of ether oxygens (including phenoxy) is 1. The number of hydrogen-bond acceptors (Lipinski definition) is 5.